The summed E-state index contributed by atoms with van der Waals surface area (Å²) in [5.74, 6) is -1.43. The zero-order chi connectivity index (χ0) is 19.7. The Hall–Kier alpha value is -3.79. The SMILES string of the molecule is CN(C(=O)c1ccccc1)c1cccc2c1C(=O)C(=O)C=C2c1ccccc1. The highest BCUT2D eigenvalue weighted by Crippen LogP contribution is 2.36. The van der Waals surface area contributed by atoms with E-state index in [1.807, 2.05) is 42.5 Å². The molecule has 4 rings (SSSR count). The molecule has 0 fully saturated rings. The molecule has 0 unspecified atom stereocenters. The van der Waals surface area contributed by atoms with Crippen molar-refractivity contribution < 1.29 is 14.4 Å². The highest BCUT2D eigenvalue weighted by Gasteiger charge is 2.31. The zero-order valence-corrected chi connectivity index (χ0v) is 15.3. The molecular weight excluding hydrogens is 350 g/mol. The number of fused-ring (bicyclic) bond motifs is 1. The fourth-order valence-electron chi connectivity index (χ4n) is 3.42. The van der Waals surface area contributed by atoms with Crippen molar-refractivity contribution in [1.29, 1.82) is 0 Å². The van der Waals surface area contributed by atoms with Gasteiger partial charge in [0.2, 0.25) is 11.6 Å². The third kappa shape index (κ3) is 2.95. The molecule has 0 spiro atoms. The molecule has 0 bridgehead atoms. The highest BCUT2D eigenvalue weighted by atomic mass is 16.2. The monoisotopic (exact) mass is 367 g/mol. The quantitative estimate of drug-likeness (QED) is 0.653. The molecule has 1 aliphatic carbocycles. The number of nitrogens with zero attached hydrogens (tertiary/aromatic N) is 1. The molecule has 0 aliphatic heterocycles. The van der Waals surface area contributed by atoms with E-state index in [1.165, 1.54) is 11.0 Å². The van der Waals surface area contributed by atoms with Crippen LogP contribution in [0.15, 0.2) is 84.9 Å². The average Bonchev–Trinajstić information content (AvgIpc) is 2.76. The summed E-state index contributed by atoms with van der Waals surface area (Å²) in [6.45, 7) is 0. The summed E-state index contributed by atoms with van der Waals surface area (Å²) in [7, 11) is 1.61. The summed E-state index contributed by atoms with van der Waals surface area (Å²) in [4.78, 5) is 39.5. The number of carbonyl (C=O) groups excluding carboxylic acids is 3. The van der Waals surface area contributed by atoms with Crippen LogP contribution in [0.3, 0.4) is 0 Å². The number of rotatable bonds is 3. The minimum absolute atomic E-state index is 0.245. The van der Waals surface area contributed by atoms with E-state index in [0.29, 0.717) is 22.4 Å². The first-order valence-electron chi connectivity index (χ1n) is 8.90. The number of carbonyl (C=O) groups is 3. The molecule has 28 heavy (non-hydrogen) atoms. The average molecular weight is 367 g/mol. The van der Waals surface area contributed by atoms with Gasteiger partial charge in [-0.15, -0.1) is 0 Å². The second kappa shape index (κ2) is 7.08. The van der Waals surface area contributed by atoms with E-state index in [1.54, 1.807) is 43.4 Å². The lowest BCUT2D eigenvalue weighted by Crippen LogP contribution is -2.30. The standard InChI is InChI=1S/C24H17NO3/c1-25(24(28)17-11-6-3-7-12-17)20-14-8-13-18-19(16-9-4-2-5-10-16)15-21(26)23(27)22(18)20/h2-15H,1H3. The molecule has 0 heterocycles. The van der Waals surface area contributed by atoms with Crippen LogP contribution in [0.5, 0.6) is 0 Å². The van der Waals surface area contributed by atoms with Crippen molar-refractivity contribution in [3.05, 3.63) is 107 Å². The largest absolute Gasteiger partial charge is 0.311 e. The van der Waals surface area contributed by atoms with Crippen LogP contribution in [0.25, 0.3) is 5.57 Å². The third-order valence-electron chi connectivity index (χ3n) is 4.83. The van der Waals surface area contributed by atoms with E-state index in [9.17, 15) is 14.4 Å². The number of allylic oxidation sites excluding steroid dienone is 1. The van der Waals surface area contributed by atoms with Crippen molar-refractivity contribution >= 4 is 28.7 Å². The van der Waals surface area contributed by atoms with Crippen LogP contribution >= 0.6 is 0 Å². The fourth-order valence-corrected chi connectivity index (χ4v) is 3.42. The molecule has 4 heteroatoms. The Balaban J connectivity index is 1.85. The molecule has 0 saturated heterocycles. The Bertz CT molecular complexity index is 1120. The van der Waals surface area contributed by atoms with E-state index < -0.39 is 11.6 Å². The normalized spacial score (nSPS) is 13.0. The van der Waals surface area contributed by atoms with Gasteiger partial charge in [0.15, 0.2) is 0 Å². The summed E-state index contributed by atoms with van der Waals surface area (Å²) >= 11 is 0. The summed E-state index contributed by atoms with van der Waals surface area (Å²) in [5.41, 5.74) is 3.38. The molecule has 0 N–H and O–H groups in total. The van der Waals surface area contributed by atoms with Gasteiger partial charge < -0.3 is 4.90 Å². The fraction of sp³-hybridized carbons (Fsp3) is 0.0417. The maximum absolute atomic E-state index is 12.9. The summed E-state index contributed by atoms with van der Waals surface area (Å²) in [6, 6.07) is 23.6. The van der Waals surface area contributed by atoms with Gasteiger partial charge in [0.25, 0.3) is 5.91 Å². The molecule has 1 amide bonds. The Morgan fingerprint density at radius 1 is 0.786 bits per heavy atom. The van der Waals surface area contributed by atoms with E-state index in [4.69, 9.17) is 0 Å². The second-order valence-corrected chi connectivity index (χ2v) is 6.55. The first kappa shape index (κ1) is 17.6. The van der Waals surface area contributed by atoms with Gasteiger partial charge in [0, 0.05) is 12.6 Å². The number of ketones is 2. The number of anilines is 1. The molecular formula is C24H17NO3. The Kier molecular flexibility index (Phi) is 4.45. The van der Waals surface area contributed by atoms with Gasteiger partial charge in [-0.3, -0.25) is 14.4 Å². The van der Waals surface area contributed by atoms with E-state index in [-0.39, 0.29) is 11.5 Å². The van der Waals surface area contributed by atoms with Crippen molar-refractivity contribution in [2.24, 2.45) is 0 Å². The summed E-state index contributed by atoms with van der Waals surface area (Å²) < 4.78 is 0. The molecule has 3 aromatic carbocycles. The molecule has 4 nitrogen and oxygen atoms in total. The molecule has 0 saturated carbocycles. The van der Waals surface area contributed by atoms with E-state index in [0.717, 1.165) is 5.56 Å². The number of Topliss-reactive ketones (excluding diaryl/α,β-unsaturated/α-hetero) is 1. The van der Waals surface area contributed by atoms with E-state index >= 15 is 0 Å². The predicted octanol–water partition coefficient (Wildman–Crippen LogP) is 4.16. The van der Waals surface area contributed by atoms with Gasteiger partial charge in [-0.1, -0.05) is 60.7 Å². The molecule has 1 aliphatic rings. The lowest BCUT2D eigenvalue weighted by Gasteiger charge is -2.25. The van der Waals surface area contributed by atoms with Crippen LogP contribution in [0, 0.1) is 0 Å². The molecule has 136 valence electrons. The van der Waals surface area contributed by atoms with Crippen LogP contribution in [0.2, 0.25) is 0 Å². The minimum Gasteiger partial charge on any atom is -0.311 e. The maximum Gasteiger partial charge on any atom is 0.258 e. The molecule has 0 aromatic heterocycles. The lowest BCUT2D eigenvalue weighted by molar-refractivity contribution is -0.111. The molecule has 3 aromatic rings. The van der Waals surface area contributed by atoms with E-state index in [2.05, 4.69) is 0 Å². The van der Waals surface area contributed by atoms with Gasteiger partial charge in [0.1, 0.15) is 0 Å². The van der Waals surface area contributed by atoms with Crippen molar-refractivity contribution in [1.82, 2.24) is 0 Å². The first-order valence-corrected chi connectivity index (χ1v) is 8.90. The third-order valence-corrected chi connectivity index (χ3v) is 4.83. The van der Waals surface area contributed by atoms with Gasteiger partial charge in [-0.2, -0.15) is 0 Å². The number of amides is 1. The van der Waals surface area contributed by atoms with Crippen LogP contribution < -0.4 is 4.90 Å². The molecule has 0 atom stereocenters. The first-order chi connectivity index (χ1) is 13.6. The van der Waals surface area contributed by atoms with Crippen LogP contribution in [0.1, 0.15) is 31.8 Å². The minimum atomic E-state index is -0.599. The van der Waals surface area contributed by atoms with Crippen molar-refractivity contribution in [2.75, 3.05) is 11.9 Å². The summed E-state index contributed by atoms with van der Waals surface area (Å²) in [6.07, 6.45) is 1.38. The van der Waals surface area contributed by atoms with Gasteiger partial charge in [-0.25, -0.2) is 0 Å². The zero-order valence-electron chi connectivity index (χ0n) is 15.3. The van der Waals surface area contributed by atoms with Gasteiger partial charge in [-0.05, 0) is 41.0 Å². The van der Waals surface area contributed by atoms with Crippen molar-refractivity contribution in [3.8, 4) is 0 Å². The maximum atomic E-state index is 12.9. The number of benzene rings is 3. The van der Waals surface area contributed by atoms with Crippen LogP contribution in [-0.4, -0.2) is 24.5 Å². The smallest absolute Gasteiger partial charge is 0.258 e. The Labute approximate surface area is 162 Å². The number of hydrogen-bond donors (Lipinski definition) is 0. The lowest BCUT2D eigenvalue weighted by atomic mass is 9.84. The summed E-state index contributed by atoms with van der Waals surface area (Å²) in [5, 5.41) is 0. The topological polar surface area (TPSA) is 54.5 Å². The molecule has 0 radical (unpaired) electrons. The van der Waals surface area contributed by atoms with Crippen molar-refractivity contribution in [3.63, 3.8) is 0 Å². The predicted molar refractivity (Wildman–Crippen MR) is 108 cm³/mol. The van der Waals surface area contributed by atoms with Crippen molar-refractivity contribution in [2.45, 2.75) is 0 Å². The van der Waals surface area contributed by atoms with Crippen LogP contribution in [-0.2, 0) is 4.79 Å². The Morgan fingerprint density at radius 2 is 1.43 bits per heavy atom. The second-order valence-electron chi connectivity index (χ2n) is 6.55. The number of hydrogen-bond acceptors (Lipinski definition) is 3. The van der Waals surface area contributed by atoms with Gasteiger partial charge in [0.05, 0.1) is 11.3 Å². The Morgan fingerprint density at radius 3 is 2.11 bits per heavy atom. The highest BCUT2D eigenvalue weighted by molar-refractivity contribution is 6.52. The van der Waals surface area contributed by atoms with Gasteiger partial charge >= 0.3 is 0 Å². The van der Waals surface area contributed by atoms with Crippen LogP contribution in [0.4, 0.5) is 5.69 Å².